The second kappa shape index (κ2) is 8.42. The van der Waals surface area contributed by atoms with Gasteiger partial charge in [0.1, 0.15) is 6.04 Å². The fourth-order valence-electron chi connectivity index (χ4n) is 1.43. The smallest absolute Gasteiger partial charge is 0.326 e. The first-order chi connectivity index (χ1) is 9.54. The second-order valence-corrected chi connectivity index (χ2v) is 4.94. The highest BCUT2D eigenvalue weighted by Gasteiger charge is 2.19. The second-order valence-electron chi connectivity index (χ2n) is 3.96. The lowest BCUT2D eigenvalue weighted by Gasteiger charge is -2.14. The Morgan fingerprint density at radius 1 is 1.45 bits per heavy atom. The first kappa shape index (κ1) is 16.3. The standard InChI is InChI=1S/C13H16FNO4S/c1-20-7-6-10(13(17)18)15-12(16)8-19-11-5-3-2-4-9(11)14/h2-5,10H,6-8H2,1H3,(H,15,16)(H,17,18)/t10-/m0/s1. The molecule has 1 aromatic rings. The highest BCUT2D eigenvalue weighted by molar-refractivity contribution is 7.98. The van der Waals surface area contributed by atoms with E-state index in [1.165, 1.54) is 30.0 Å². The molecule has 2 N–H and O–H groups in total. The minimum atomic E-state index is -1.10. The van der Waals surface area contributed by atoms with Gasteiger partial charge in [-0.1, -0.05) is 12.1 Å². The summed E-state index contributed by atoms with van der Waals surface area (Å²) in [5.41, 5.74) is 0. The maximum atomic E-state index is 13.2. The highest BCUT2D eigenvalue weighted by atomic mass is 32.2. The number of ether oxygens (including phenoxy) is 1. The Morgan fingerprint density at radius 2 is 2.15 bits per heavy atom. The summed E-state index contributed by atoms with van der Waals surface area (Å²) in [5, 5.41) is 11.3. The van der Waals surface area contributed by atoms with E-state index >= 15 is 0 Å². The maximum Gasteiger partial charge on any atom is 0.326 e. The fourth-order valence-corrected chi connectivity index (χ4v) is 1.91. The van der Waals surface area contributed by atoms with E-state index < -0.39 is 30.3 Å². The Bertz CT molecular complexity index is 469. The fraction of sp³-hybridized carbons (Fsp3) is 0.385. The molecule has 0 aliphatic heterocycles. The van der Waals surface area contributed by atoms with Crippen LogP contribution in [0.5, 0.6) is 5.75 Å². The number of hydrogen-bond donors (Lipinski definition) is 2. The molecule has 0 fully saturated rings. The van der Waals surface area contributed by atoms with Crippen molar-refractivity contribution in [2.45, 2.75) is 12.5 Å². The molecule has 0 aliphatic rings. The van der Waals surface area contributed by atoms with Crippen LogP contribution in [0.2, 0.25) is 0 Å². The van der Waals surface area contributed by atoms with Crippen molar-refractivity contribution < 1.29 is 23.8 Å². The molecule has 110 valence electrons. The van der Waals surface area contributed by atoms with Gasteiger partial charge in [0.15, 0.2) is 18.2 Å². The van der Waals surface area contributed by atoms with Gasteiger partial charge in [0.05, 0.1) is 0 Å². The van der Waals surface area contributed by atoms with Crippen LogP contribution in [0.1, 0.15) is 6.42 Å². The van der Waals surface area contributed by atoms with E-state index in [4.69, 9.17) is 9.84 Å². The molecule has 0 heterocycles. The van der Waals surface area contributed by atoms with Gasteiger partial charge in [0, 0.05) is 0 Å². The number of benzene rings is 1. The molecule has 0 saturated heterocycles. The molecule has 20 heavy (non-hydrogen) atoms. The number of hydrogen-bond acceptors (Lipinski definition) is 4. The van der Waals surface area contributed by atoms with E-state index in [0.29, 0.717) is 12.2 Å². The van der Waals surface area contributed by atoms with Crippen molar-refractivity contribution in [2.24, 2.45) is 0 Å². The quantitative estimate of drug-likeness (QED) is 0.761. The molecule has 1 atom stereocenters. The Kier molecular flexibility index (Phi) is 6.86. The molecule has 1 amide bonds. The third-order valence-electron chi connectivity index (χ3n) is 2.44. The number of para-hydroxylation sites is 1. The average molecular weight is 301 g/mol. The lowest BCUT2D eigenvalue weighted by atomic mass is 10.2. The summed E-state index contributed by atoms with van der Waals surface area (Å²) in [6, 6.07) is 4.73. The molecule has 0 saturated carbocycles. The Labute approximate surface area is 120 Å². The molecule has 0 radical (unpaired) electrons. The summed E-state index contributed by atoms with van der Waals surface area (Å²) in [5.74, 6) is -1.69. The number of nitrogens with one attached hydrogen (secondary N) is 1. The minimum absolute atomic E-state index is 0.0429. The zero-order chi connectivity index (χ0) is 15.0. The van der Waals surface area contributed by atoms with Crippen LogP contribution in [0.15, 0.2) is 24.3 Å². The monoisotopic (exact) mass is 301 g/mol. The van der Waals surface area contributed by atoms with Gasteiger partial charge >= 0.3 is 5.97 Å². The van der Waals surface area contributed by atoms with Crippen LogP contribution in [0, 0.1) is 5.82 Å². The predicted octanol–water partition coefficient (Wildman–Crippen LogP) is 1.53. The molecular weight excluding hydrogens is 285 g/mol. The maximum absolute atomic E-state index is 13.2. The van der Waals surface area contributed by atoms with Gasteiger partial charge in [0.25, 0.3) is 5.91 Å². The number of thioether (sulfide) groups is 1. The van der Waals surface area contributed by atoms with Gasteiger partial charge in [-0.2, -0.15) is 11.8 Å². The SMILES string of the molecule is CSCC[C@H](NC(=O)COc1ccccc1F)C(=O)O. The van der Waals surface area contributed by atoms with Crippen molar-refractivity contribution in [3.05, 3.63) is 30.1 Å². The number of amides is 1. The van der Waals surface area contributed by atoms with Crippen LogP contribution in [0.4, 0.5) is 4.39 Å². The summed E-state index contributed by atoms with van der Waals surface area (Å²) >= 11 is 1.49. The van der Waals surface area contributed by atoms with Crippen LogP contribution >= 0.6 is 11.8 Å². The highest BCUT2D eigenvalue weighted by Crippen LogP contribution is 2.14. The van der Waals surface area contributed by atoms with Gasteiger partial charge in [-0.05, 0) is 30.6 Å². The summed E-state index contributed by atoms with van der Waals surface area (Å²) in [7, 11) is 0. The minimum Gasteiger partial charge on any atom is -0.481 e. The molecule has 5 nitrogen and oxygen atoms in total. The van der Waals surface area contributed by atoms with E-state index in [9.17, 15) is 14.0 Å². The molecule has 0 aliphatic carbocycles. The van der Waals surface area contributed by atoms with Gasteiger partial charge in [0.2, 0.25) is 0 Å². The molecule has 1 aromatic carbocycles. The number of rotatable bonds is 8. The summed E-state index contributed by atoms with van der Waals surface area (Å²) in [6.07, 6.45) is 2.17. The summed E-state index contributed by atoms with van der Waals surface area (Å²) in [6.45, 7) is -0.427. The van der Waals surface area contributed by atoms with Crippen molar-refractivity contribution in [3.63, 3.8) is 0 Å². The molecule has 0 bridgehead atoms. The zero-order valence-corrected chi connectivity index (χ0v) is 11.8. The van der Waals surface area contributed by atoms with Gasteiger partial charge in [-0.15, -0.1) is 0 Å². The molecule has 0 unspecified atom stereocenters. The zero-order valence-electron chi connectivity index (χ0n) is 11.0. The van der Waals surface area contributed by atoms with Crippen molar-refractivity contribution in [1.29, 1.82) is 0 Å². The average Bonchev–Trinajstić information content (AvgIpc) is 2.42. The lowest BCUT2D eigenvalue weighted by Crippen LogP contribution is -2.43. The first-order valence-corrected chi connectivity index (χ1v) is 7.32. The topological polar surface area (TPSA) is 75.6 Å². The summed E-state index contributed by atoms with van der Waals surface area (Å²) < 4.78 is 18.2. The van der Waals surface area contributed by atoms with Gasteiger partial charge in [-0.25, -0.2) is 9.18 Å². The molecule has 1 rings (SSSR count). The van der Waals surface area contributed by atoms with E-state index in [1.807, 2.05) is 6.26 Å². The van der Waals surface area contributed by atoms with Crippen molar-refractivity contribution >= 4 is 23.6 Å². The molecular formula is C13H16FNO4S. The number of aliphatic carboxylic acids is 1. The Hall–Kier alpha value is -1.76. The largest absolute Gasteiger partial charge is 0.481 e. The van der Waals surface area contributed by atoms with Crippen LogP contribution in [0.3, 0.4) is 0 Å². The number of carboxylic acids is 1. The van der Waals surface area contributed by atoms with E-state index in [1.54, 1.807) is 6.07 Å². The normalized spacial score (nSPS) is 11.7. The molecule has 7 heteroatoms. The van der Waals surface area contributed by atoms with Crippen LogP contribution in [0.25, 0.3) is 0 Å². The van der Waals surface area contributed by atoms with Crippen LogP contribution in [-0.2, 0) is 9.59 Å². The van der Waals surface area contributed by atoms with Crippen LogP contribution in [-0.4, -0.2) is 41.6 Å². The van der Waals surface area contributed by atoms with Gasteiger partial charge in [-0.3, -0.25) is 4.79 Å². The van der Waals surface area contributed by atoms with Crippen molar-refractivity contribution in [3.8, 4) is 5.75 Å². The van der Waals surface area contributed by atoms with Crippen molar-refractivity contribution in [2.75, 3.05) is 18.6 Å². The molecule has 0 aromatic heterocycles. The van der Waals surface area contributed by atoms with Crippen LogP contribution < -0.4 is 10.1 Å². The number of carbonyl (C=O) groups is 2. The summed E-state index contributed by atoms with van der Waals surface area (Å²) in [4.78, 5) is 22.5. The van der Waals surface area contributed by atoms with E-state index in [-0.39, 0.29) is 5.75 Å². The van der Waals surface area contributed by atoms with E-state index in [2.05, 4.69) is 5.32 Å². The number of carbonyl (C=O) groups excluding carboxylic acids is 1. The van der Waals surface area contributed by atoms with Gasteiger partial charge < -0.3 is 15.2 Å². The van der Waals surface area contributed by atoms with Crippen molar-refractivity contribution in [1.82, 2.24) is 5.32 Å². The Morgan fingerprint density at radius 3 is 2.75 bits per heavy atom. The number of carboxylic acid groups (broad SMARTS) is 1. The molecule has 0 spiro atoms. The lowest BCUT2D eigenvalue weighted by molar-refractivity contribution is -0.142. The predicted molar refractivity (Wildman–Crippen MR) is 74.5 cm³/mol. The van der Waals surface area contributed by atoms with E-state index in [0.717, 1.165) is 0 Å². The number of halogens is 1. The Balaban J connectivity index is 2.46. The third kappa shape index (κ3) is 5.48. The first-order valence-electron chi connectivity index (χ1n) is 5.93. The third-order valence-corrected chi connectivity index (χ3v) is 3.08.